The van der Waals surface area contributed by atoms with Gasteiger partial charge in [0, 0.05) is 19.3 Å². The predicted molar refractivity (Wildman–Crippen MR) is 55.9 cm³/mol. The van der Waals surface area contributed by atoms with Gasteiger partial charge < -0.3 is 10.1 Å². The lowest BCUT2D eigenvalue weighted by molar-refractivity contribution is 0.135. The van der Waals surface area contributed by atoms with Crippen LogP contribution in [0.2, 0.25) is 0 Å². The van der Waals surface area contributed by atoms with E-state index >= 15 is 0 Å². The molecule has 1 saturated carbocycles. The molecule has 78 valence electrons. The molecule has 13 heavy (non-hydrogen) atoms. The molecule has 0 aromatic rings. The highest BCUT2D eigenvalue weighted by atomic mass is 16.5. The average molecular weight is 185 g/mol. The molecular formula is C11H23NO. The lowest BCUT2D eigenvalue weighted by atomic mass is 9.92. The lowest BCUT2D eigenvalue weighted by Crippen LogP contribution is -2.32. The van der Waals surface area contributed by atoms with Crippen molar-refractivity contribution in [2.24, 2.45) is 5.41 Å². The second kappa shape index (κ2) is 4.97. The molecule has 0 spiro atoms. The van der Waals surface area contributed by atoms with E-state index in [2.05, 4.69) is 26.2 Å². The van der Waals surface area contributed by atoms with E-state index in [0.29, 0.717) is 11.5 Å². The summed E-state index contributed by atoms with van der Waals surface area (Å²) in [5, 5.41) is 3.37. The molecule has 0 aliphatic heterocycles. The van der Waals surface area contributed by atoms with Gasteiger partial charge in [0.05, 0.1) is 0 Å². The standard InChI is InChI=1S/C11H23NO/c1-4-13-9-5-6-11(7-8-11)10(2)12-3/h10,12H,4-9H2,1-3H3. The van der Waals surface area contributed by atoms with Crippen LogP contribution in [0.5, 0.6) is 0 Å². The van der Waals surface area contributed by atoms with E-state index in [-0.39, 0.29) is 0 Å². The van der Waals surface area contributed by atoms with Crippen LogP contribution >= 0.6 is 0 Å². The summed E-state index contributed by atoms with van der Waals surface area (Å²) in [6, 6.07) is 0.675. The first-order valence-corrected chi connectivity index (χ1v) is 5.50. The smallest absolute Gasteiger partial charge is 0.0466 e. The molecule has 1 aliphatic rings. The van der Waals surface area contributed by atoms with E-state index in [1.54, 1.807) is 0 Å². The normalized spacial score (nSPS) is 21.5. The van der Waals surface area contributed by atoms with Gasteiger partial charge in [-0.25, -0.2) is 0 Å². The summed E-state index contributed by atoms with van der Waals surface area (Å²) in [6.45, 7) is 6.15. The molecule has 0 saturated heterocycles. The maximum absolute atomic E-state index is 5.35. The summed E-state index contributed by atoms with van der Waals surface area (Å²) < 4.78 is 5.35. The van der Waals surface area contributed by atoms with E-state index in [9.17, 15) is 0 Å². The molecule has 0 heterocycles. The Morgan fingerprint density at radius 3 is 2.62 bits per heavy atom. The van der Waals surface area contributed by atoms with Gasteiger partial charge in [-0.2, -0.15) is 0 Å². The number of hydrogen-bond acceptors (Lipinski definition) is 2. The van der Waals surface area contributed by atoms with Gasteiger partial charge in [-0.3, -0.25) is 0 Å². The van der Waals surface area contributed by atoms with Crippen molar-refractivity contribution in [2.75, 3.05) is 20.3 Å². The zero-order valence-corrected chi connectivity index (χ0v) is 9.23. The summed E-state index contributed by atoms with van der Waals surface area (Å²) in [5.41, 5.74) is 0.617. The fraction of sp³-hybridized carbons (Fsp3) is 1.00. The molecule has 2 heteroatoms. The molecule has 1 atom stereocenters. The summed E-state index contributed by atoms with van der Waals surface area (Å²) in [5.74, 6) is 0. The highest BCUT2D eigenvalue weighted by molar-refractivity contribution is 4.99. The minimum absolute atomic E-state index is 0.617. The molecule has 0 bridgehead atoms. The van der Waals surface area contributed by atoms with Crippen molar-refractivity contribution in [3.8, 4) is 0 Å². The van der Waals surface area contributed by atoms with Crippen molar-refractivity contribution in [1.82, 2.24) is 5.32 Å². The number of hydrogen-bond donors (Lipinski definition) is 1. The second-order valence-electron chi connectivity index (χ2n) is 4.17. The first-order chi connectivity index (χ1) is 6.25. The minimum Gasteiger partial charge on any atom is -0.382 e. The van der Waals surface area contributed by atoms with E-state index < -0.39 is 0 Å². The van der Waals surface area contributed by atoms with Gasteiger partial charge in [-0.1, -0.05) is 0 Å². The molecule has 1 N–H and O–H groups in total. The molecule has 0 amide bonds. The topological polar surface area (TPSA) is 21.3 Å². The van der Waals surface area contributed by atoms with E-state index in [1.807, 2.05) is 0 Å². The maximum Gasteiger partial charge on any atom is 0.0466 e. The highest BCUT2D eigenvalue weighted by Crippen LogP contribution is 2.52. The second-order valence-corrected chi connectivity index (χ2v) is 4.17. The van der Waals surface area contributed by atoms with Crippen molar-refractivity contribution in [2.45, 2.75) is 45.6 Å². The van der Waals surface area contributed by atoms with Crippen LogP contribution in [-0.4, -0.2) is 26.3 Å². The van der Waals surface area contributed by atoms with Gasteiger partial charge in [0.25, 0.3) is 0 Å². The Morgan fingerprint density at radius 2 is 2.15 bits per heavy atom. The first kappa shape index (κ1) is 11.0. The fourth-order valence-corrected chi connectivity index (χ4v) is 2.04. The Morgan fingerprint density at radius 1 is 1.46 bits per heavy atom. The Bertz CT molecular complexity index is 143. The summed E-state index contributed by atoms with van der Waals surface area (Å²) in [7, 11) is 2.06. The molecule has 1 fully saturated rings. The van der Waals surface area contributed by atoms with Crippen molar-refractivity contribution in [1.29, 1.82) is 0 Å². The van der Waals surface area contributed by atoms with Crippen LogP contribution in [0.15, 0.2) is 0 Å². The minimum atomic E-state index is 0.617. The molecule has 1 aliphatic carbocycles. The summed E-state index contributed by atoms with van der Waals surface area (Å²) in [6.07, 6.45) is 5.36. The third-order valence-corrected chi connectivity index (χ3v) is 3.41. The Kier molecular flexibility index (Phi) is 4.20. The van der Waals surface area contributed by atoms with Gasteiger partial charge in [0.1, 0.15) is 0 Å². The van der Waals surface area contributed by atoms with Gasteiger partial charge >= 0.3 is 0 Å². The van der Waals surface area contributed by atoms with Crippen molar-refractivity contribution in [3.05, 3.63) is 0 Å². The number of ether oxygens (including phenoxy) is 1. The van der Waals surface area contributed by atoms with Crippen LogP contribution < -0.4 is 5.32 Å². The molecule has 0 aromatic heterocycles. The molecule has 1 rings (SSSR count). The Balaban J connectivity index is 2.12. The molecule has 1 unspecified atom stereocenters. The Hall–Kier alpha value is -0.0800. The third-order valence-electron chi connectivity index (χ3n) is 3.41. The molecule has 0 radical (unpaired) electrons. The van der Waals surface area contributed by atoms with Crippen molar-refractivity contribution in [3.63, 3.8) is 0 Å². The van der Waals surface area contributed by atoms with Gasteiger partial charge in [0.2, 0.25) is 0 Å². The van der Waals surface area contributed by atoms with E-state index in [1.165, 1.54) is 25.7 Å². The van der Waals surface area contributed by atoms with Gasteiger partial charge in [-0.05, 0) is 52.0 Å². The summed E-state index contributed by atoms with van der Waals surface area (Å²) >= 11 is 0. The largest absolute Gasteiger partial charge is 0.382 e. The van der Waals surface area contributed by atoms with Crippen molar-refractivity contribution >= 4 is 0 Å². The zero-order valence-electron chi connectivity index (χ0n) is 9.23. The number of rotatable bonds is 7. The van der Waals surface area contributed by atoms with Gasteiger partial charge in [0.15, 0.2) is 0 Å². The summed E-state index contributed by atoms with van der Waals surface area (Å²) in [4.78, 5) is 0. The van der Waals surface area contributed by atoms with Crippen LogP contribution in [0.25, 0.3) is 0 Å². The van der Waals surface area contributed by atoms with Crippen LogP contribution in [0.4, 0.5) is 0 Å². The van der Waals surface area contributed by atoms with E-state index in [0.717, 1.165) is 13.2 Å². The monoisotopic (exact) mass is 185 g/mol. The van der Waals surface area contributed by atoms with Crippen LogP contribution in [0.1, 0.15) is 39.5 Å². The first-order valence-electron chi connectivity index (χ1n) is 5.50. The zero-order chi connectivity index (χ0) is 9.73. The predicted octanol–water partition coefficient (Wildman–Crippen LogP) is 2.19. The van der Waals surface area contributed by atoms with Crippen LogP contribution in [-0.2, 0) is 4.74 Å². The highest BCUT2D eigenvalue weighted by Gasteiger charge is 2.45. The average Bonchev–Trinajstić information content (AvgIpc) is 2.92. The van der Waals surface area contributed by atoms with E-state index in [4.69, 9.17) is 4.74 Å². The molecule has 0 aromatic carbocycles. The lowest BCUT2D eigenvalue weighted by Gasteiger charge is -2.22. The third kappa shape index (κ3) is 2.96. The SMILES string of the molecule is CCOCCCC1(C(C)NC)CC1. The molecule has 2 nitrogen and oxygen atoms in total. The maximum atomic E-state index is 5.35. The fourth-order valence-electron chi connectivity index (χ4n) is 2.04. The molecular weight excluding hydrogens is 162 g/mol. The van der Waals surface area contributed by atoms with Gasteiger partial charge in [-0.15, -0.1) is 0 Å². The Labute approximate surface area is 82.0 Å². The van der Waals surface area contributed by atoms with Crippen LogP contribution in [0, 0.1) is 5.41 Å². The van der Waals surface area contributed by atoms with Crippen molar-refractivity contribution < 1.29 is 4.74 Å². The van der Waals surface area contributed by atoms with Crippen LogP contribution in [0.3, 0.4) is 0 Å². The quantitative estimate of drug-likeness (QED) is 0.614. The number of nitrogens with one attached hydrogen (secondary N) is 1.